The Balaban J connectivity index is 1.74. The van der Waals surface area contributed by atoms with Crippen molar-refractivity contribution in [1.29, 1.82) is 5.26 Å². The molecule has 0 N–H and O–H groups in total. The molecule has 1 amide bonds. The second-order valence-corrected chi connectivity index (χ2v) is 7.99. The van der Waals surface area contributed by atoms with Crippen molar-refractivity contribution < 1.29 is 14.0 Å². The summed E-state index contributed by atoms with van der Waals surface area (Å²) in [5, 5.41) is 10.3. The van der Waals surface area contributed by atoms with E-state index in [1.54, 1.807) is 35.2 Å². The summed E-state index contributed by atoms with van der Waals surface area (Å²) in [7, 11) is 0. The van der Waals surface area contributed by atoms with E-state index in [4.69, 9.17) is 16.0 Å². The predicted molar refractivity (Wildman–Crippen MR) is 117 cm³/mol. The van der Waals surface area contributed by atoms with Crippen molar-refractivity contribution in [3.05, 3.63) is 69.5 Å². The molecule has 0 radical (unpaired) electrons. The van der Waals surface area contributed by atoms with Crippen molar-refractivity contribution in [1.82, 2.24) is 4.90 Å². The van der Waals surface area contributed by atoms with Crippen LogP contribution in [0.15, 0.2) is 57.7 Å². The van der Waals surface area contributed by atoms with E-state index in [-0.39, 0.29) is 17.4 Å². The van der Waals surface area contributed by atoms with Gasteiger partial charge in [0.1, 0.15) is 17.8 Å². The van der Waals surface area contributed by atoms with Crippen molar-refractivity contribution in [2.75, 3.05) is 13.1 Å². The van der Waals surface area contributed by atoms with Gasteiger partial charge in [-0.3, -0.25) is 4.79 Å². The number of hydrogen-bond acceptors (Lipinski definition) is 5. The Morgan fingerprint density at radius 3 is 2.77 bits per heavy atom. The van der Waals surface area contributed by atoms with Gasteiger partial charge >= 0.3 is 5.63 Å². The number of fused-ring (bicyclic) bond motifs is 1. The molecule has 1 aromatic heterocycles. The van der Waals surface area contributed by atoms with Gasteiger partial charge in [0.15, 0.2) is 0 Å². The van der Waals surface area contributed by atoms with E-state index in [9.17, 15) is 19.6 Å². The molecule has 0 bridgehead atoms. The first-order chi connectivity index (χ1) is 15.0. The van der Waals surface area contributed by atoms with Crippen LogP contribution in [-0.4, -0.2) is 30.2 Å². The summed E-state index contributed by atoms with van der Waals surface area (Å²) in [6.07, 6.45) is 2.07. The molecule has 3 aromatic rings. The lowest BCUT2D eigenvalue weighted by atomic mass is 9.93. The van der Waals surface area contributed by atoms with Crippen LogP contribution in [-0.2, 0) is 9.59 Å². The fourth-order valence-corrected chi connectivity index (χ4v) is 4.27. The Morgan fingerprint density at radius 2 is 2.03 bits per heavy atom. The molecule has 4 rings (SSSR count). The monoisotopic (exact) mass is 434 g/mol. The Hall–Kier alpha value is -3.43. The molecule has 0 saturated carbocycles. The summed E-state index contributed by atoms with van der Waals surface area (Å²) in [4.78, 5) is 38.6. The van der Waals surface area contributed by atoms with Gasteiger partial charge in [0, 0.05) is 40.7 Å². The van der Waals surface area contributed by atoms with Crippen molar-refractivity contribution in [3.8, 4) is 17.2 Å². The number of amides is 1. The molecule has 0 spiro atoms. The highest BCUT2D eigenvalue weighted by Gasteiger charge is 2.30. The fraction of sp³-hybridized carbons (Fsp3) is 0.250. The normalized spacial score (nSPS) is 17.2. The third-order valence-electron chi connectivity index (χ3n) is 5.61. The fourth-order valence-electron chi connectivity index (χ4n) is 4.03. The summed E-state index contributed by atoms with van der Waals surface area (Å²) < 4.78 is 5.38. The highest BCUT2D eigenvalue weighted by Crippen LogP contribution is 2.33. The SMILES string of the molecule is N#C[C@H]1CCCN(C(=O)C(C=O)c2ccc3c(-c4ccccc4Cl)cc(=O)oc3c2)C1. The van der Waals surface area contributed by atoms with E-state index in [1.807, 2.05) is 12.1 Å². The number of rotatable bonds is 4. The van der Waals surface area contributed by atoms with E-state index in [0.29, 0.717) is 46.5 Å². The van der Waals surface area contributed by atoms with Crippen LogP contribution < -0.4 is 5.63 Å². The second kappa shape index (κ2) is 8.75. The van der Waals surface area contributed by atoms with Gasteiger partial charge in [0.25, 0.3) is 0 Å². The number of likely N-dealkylation sites (tertiary alicyclic amines) is 1. The van der Waals surface area contributed by atoms with E-state index >= 15 is 0 Å². The van der Waals surface area contributed by atoms with Crippen LogP contribution in [0.4, 0.5) is 0 Å². The van der Waals surface area contributed by atoms with Crippen molar-refractivity contribution >= 4 is 34.8 Å². The maximum absolute atomic E-state index is 13.0. The Bertz CT molecular complexity index is 1260. The van der Waals surface area contributed by atoms with Crippen LogP contribution in [0.3, 0.4) is 0 Å². The van der Waals surface area contributed by atoms with Gasteiger partial charge in [0.05, 0.1) is 12.0 Å². The smallest absolute Gasteiger partial charge is 0.336 e. The lowest BCUT2D eigenvalue weighted by molar-refractivity contribution is -0.136. The number of halogens is 1. The summed E-state index contributed by atoms with van der Waals surface area (Å²) in [5.41, 5.74) is 1.46. The van der Waals surface area contributed by atoms with Gasteiger partial charge in [-0.05, 0) is 30.5 Å². The molecule has 2 aromatic carbocycles. The number of carbonyl (C=O) groups excluding carboxylic acids is 2. The summed E-state index contributed by atoms with van der Waals surface area (Å²) in [6.45, 7) is 0.833. The Labute approximate surface area is 183 Å². The molecule has 1 fully saturated rings. The number of piperidine rings is 1. The Morgan fingerprint density at radius 1 is 1.23 bits per heavy atom. The first-order valence-corrected chi connectivity index (χ1v) is 10.4. The summed E-state index contributed by atoms with van der Waals surface area (Å²) in [5.74, 6) is -1.60. The zero-order valence-electron chi connectivity index (χ0n) is 16.6. The minimum Gasteiger partial charge on any atom is -0.423 e. The van der Waals surface area contributed by atoms with Crippen molar-refractivity contribution in [3.63, 3.8) is 0 Å². The molecule has 0 aliphatic carbocycles. The molecule has 156 valence electrons. The van der Waals surface area contributed by atoms with Gasteiger partial charge < -0.3 is 14.1 Å². The Kier molecular flexibility index (Phi) is 5.88. The number of benzene rings is 2. The largest absolute Gasteiger partial charge is 0.423 e. The first kappa shape index (κ1) is 20.8. The molecule has 1 saturated heterocycles. The molecular weight excluding hydrogens is 416 g/mol. The van der Waals surface area contributed by atoms with Crippen molar-refractivity contribution in [2.45, 2.75) is 18.8 Å². The molecule has 7 heteroatoms. The van der Waals surface area contributed by atoms with Crippen molar-refractivity contribution in [2.24, 2.45) is 5.92 Å². The van der Waals surface area contributed by atoms with Gasteiger partial charge in [-0.2, -0.15) is 5.26 Å². The van der Waals surface area contributed by atoms with Gasteiger partial charge in [0.2, 0.25) is 5.91 Å². The first-order valence-electron chi connectivity index (χ1n) is 9.98. The number of carbonyl (C=O) groups is 2. The van der Waals surface area contributed by atoms with Gasteiger partial charge in [-0.1, -0.05) is 41.9 Å². The van der Waals surface area contributed by atoms with E-state index in [1.165, 1.54) is 6.07 Å². The minimum atomic E-state index is -1.03. The second-order valence-electron chi connectivity index (χ2n) is 7.58. The number of hydrogen-bond donors (Lipinski definition) is 0. The zero-order valence-corrected chi connectivity index (χ0v) is 17.3. The molecule has 6 nitrogen and oxygen atoms in total. The molecular formula is C24H19ClN2O4. The number of nitrogens with zero attached hydrogens (tertiary/aromatic N) is 2. The van der Waals surface area contributed by atoms with E-state index in [0.717, 1.165) is 12.8 Å². The highest BCUT2D eigenvalue weighted by molar-refractivity contribution is 6.33. The highest BCUT2D eigenvalue weighted by atomic mass is 35.5. The van der Waals surface area contributed by atoms with Crippen LogP contribution in [0, 0.1) is 17.2 Å². The third kappa shape index (κ3) is 4.10. The maximum Gasteiger partial charge on any atom is 0.336 e. The minimum absolute atomic E-state index is 0.224. The van der Waals surface area contributed by atoms with Gasteiger partial charge in [-0.25, -0.2) is 4.79 Å². The molecule has 31 heavy (non-hydrogen) atoms. The average molecular weight is 435 g/mol. The van der Waals surface area contributed by atoms with Crippen LogP contribution in [0.25, 0.3) is 22.1 Å². The molecule has 2 heterocycles. The standard InChI is InChI=1S/C24H19ClN2O4/c25-21-6-2-1-5-17(21)19-11-23(29)31-22-10-16(7-8-18(19)22)20(14-28)24(30)27-9-3-4-15(12-26)13-27/h1-2,5-8,10-11,14-15,20H,3-4,9,13H2/t15-,20?/m1/s1. The van der Waals surface area contributed by atoms with E-state index in [2.05, 4.69) is 6.07 Å². The quantitative estimate of drug-likeness (QED) is 0.349. The average Bonchev–Trinajstić information content (AvgIpc) is 2.79. The molecule has 2 atom stereocenters. The lowest BCUT2D eigenvalue weighted by Crippen LogP contribution is -2.42. The topological polar surface area (TPSA) is 91.4 Å². The molecule has 1 aliphatic heterocycles. The molecule has 1 unspecified atom stereocenters. The number of nitriles is 1. The van der Waals surface area contributed by atoms with Crippen LogP contribution >= 0.6 is 11.6 Å². The zero-order chi connectivity index (χ0) is 22.0. The van der Waals surface area contributed by atoms with E-state index < -0.39 is 11.5 Å². The third-order valence-corrected chi connectivity index (χ3v) is 5.94. The summed E-state index contributed by atoms with van der Waals surface area (Å²) >= 11 is 6.31. The predicted octanol–water partition coefficient (Wildman–Crippen LogP) is 4.16. The summed E-state index contributed by atoms with van der Waals surface area (Å²) in [6, 6.07) is 15.7. The lowest BCUT2D eigenvalue weighted by Gasteiger charge is -2.31. The van der Waals surface area contributed by atoms with Crippen LogP contribution in [0.5, 0.6) is 0 Å². The van der Waals surface area contributed by atoms with Crippen LogP contribution in [0.1, 0.15) is 24.3 Å². The maximum atomic E-state index is 13.0. The number of aldehydes is 1. The molecule has 1 aliphatic rings. The van der Waals surface area contributed by atoms with Gasteiger partial charge in [-0.15, -0.1) is 0 Å². The van der Waals surface area contributed by atoms with Crippen LogP contribution in [0.2, 0.25) is 5.02 Å².